The summed E-state index contributed by atoms with van der Waals surface area (Å²) in [5, 5.41) is 22.3. The zero-order chi connectivity index (χ0) is 30.3. The van der Waals surface area contributed by atoms with Gasteiger partial charge in [-0.1, -0.05) is 12.1 Å². The molecule has 44 heavy (non-hydrogen) atoms. The normalized spacial score (nSPS) is 25.8. The minimum atomic E-state index is -0.0522. The monoisotopic (exact) mass is 598 g/mol. The fourth-order valence-electron chi connectivity index (χ4n) is 7.96. The summed E-state index contributed by atoms with van der Waals surface area (Å²) in [4.78, 5) is 28.6. The number of hydrogen-bond acceptors (Lipinski definition) is 11. The van der Waals surface area contributed by atoms with Crippen LogP contribution in [0.15, 0.2) is 42.7 Å². The van der Waals surface area contributed by atoms with Crippen molar-refractivity contribution in [3.8, 4) is 17.0 Å². The van der Waals surface area contributed by atoms with E-state index in [2.05, 4.69) is 30.2 Å². The van der Waals surface area contributed by atoms with Gasteiger partial charge in [0.25, 0.3) is 0 Å². The number of aromatic hydroxyl groups is 1. The Kier molecular flexibility index (Phi) is 7.74. The van der Waals surface area contributed by atoms with Crippen LogP contribution in [0.4, 0.5) is 17.5 Å². The molecule has 11 heteroatoms. The maximum Gasteiger partial charge on any atom is 0.308 e. The Bertz CT molecular complexity index is 1470. The zero-order valence-corrected chi connectivity index (χ0v) is 25.7. The molecule has 2 saturated heterocycles. The summed E-state index contributed by atoms with van der Waals surface area (Å²) in [6.07, 6.45) is 10.5. The number of rotatable bonds is 7. The van der Waals surface area contributed by atoms with Crippen molar-refractivity contribution in [2.45, 2.75) is 50.5 Å². The summed E-state index contributed by atoms with van der Waals surface area (Å²) in [6.45, 7) is 5.75. The second kappa shape index (κ2) is 11.8. The lowest BCUT2D eigenvalue weighted by Gasteiger charge is -2.57. The number of piperazine rings is 1. The molecule has 3 aromatic rings. The third-order valence-corrected chi connectivity index (χ3v) is 10.5. The van der Waals surface area contributed by atoms with Gasteiger partial charge in [0.15, 0.2) is 5.82 Å². The van der Waals surface area contributed by atoms with E-state index in [9.17, 15) is 9.90 Å². The van der Waals surface area contributed by atoms with Crippen LogP contribution in [-0.2, 0) is 9.53 Å². The van der Waals surface area contributed by atoms with Gasteiger partial charge in [0, 0.05) is 70.3 Å². The van der Waals surface area contributed by atoms with Crippen LogP contribution < -0.4 is 15.1 Å². The molecule has 2 aromatic heterocycles. The first-order valence-corrected chi connectivity index (χ1v) is 15.9. The third kappa shape index (κ3) is 5.42. The number of anilines is 3. The number of nitrogens with one attached hydrogen (secondary N) is 1. The number of piperidine rings is 1. The molecule has 7 rings (SSSR count). The number of carbonyl (C=O) groups excluding carboxylic acids is 1. The van der Waals surface area contributed by atoms with E-state index in [1.165, 1.54) is 12.7 Å². The van der Waals surface area contributed by atoms with E-state index < -0.39 is 0 Å². The van der Waals surface area contributed by atoms with Gasteiger partial charge in [-0.3, -0.25) is 9.69 Å². The molecule has 11 nitrogen and oxygen atoms in total. The van der Waals surface area contributed by atoms with Crippen LogP contribution in [0, 0.1) is 11.3 Å². The average molecular weight is 599 g/mol. The molecule has 0 atom stereocenters. The van der Waals surface area contributed by atoms with Crippen molar-refractivity contribution < 1.29 is 14.6 Å². The van der Waals surface area contributed by atoms with Crippen molar-refractivity contribution in [1.29, 1.82) is 0 Å². The fraction of sp³-hybridized carbons (Fsp3) is 0.545. The lowest BCUT2D eigenvalue weighted by atomic mass is 9.47. The Morgan fingerprint density at radius 2 is 1.66 bits per heavy atom. The number of hydrogen-bond donors (Lipinski definition) is 2. The van der Waals surface area contributed by atoms with E-state index >= 15 is 0 Å². The molecule has 232 valence electrons. The highest BCUT2D eigenvalue weighted by Crippen LogP contribution is 2.64. The SMILES string of the molecule is CNc1nnc(-c2ccccc2O)cc1N1CCN(C2CCN(c3ncc(C4CC5(CC(C(=O)OC)C5)C4)cn3)CC2)CC1. The van der Waals surface area contributed by atoms with Crippen LogP contribution in [0.25, 0.3) is 11.3 Å². The quantitative estimate of drug-likeness (QED) is 0.385. The van der Waals surface area contributed by atoms with Gasteiger partial charge >= 0.3 is 5.97 Å². The standard InChI is InChI=1S/C33H42N8O3/c1-34-30-28(15-27(37-38-30)26-5-3-4-6-29(26)42)40-13-11-39(12-14-40)25-7-9-41(10-8-25)32-35-20-24(21-36-32)22-16-33(17-22)18-23(19-33)31(43)44-2/h3-6,15,20-23,25,42H,7-14,16-19H2,1-2H3,(H,34,38). The van der Waals surface area contributed by atoms with Gasteiger partial charge in [-0.2, -0.15) is 0 Å². The number of phenols is 1. The Morgan fingerprint density at radius 1 is 0.955 bits per heavy atom. The number of nitrogens with zero attached hydrogens (tertiary/aromatic N) is 7. The highest BCUT2D eigenvalue weighted by molar-refractivity contribution is 5.75. The van der Waals surface area contributed by atoms with Crippen molar-refractivity contribution in [2.24, 2.45) is 11.3 Å². The molecule has 4 fully saturated rings. The number of benzene rings is 1. The number of esters is 1. The molecule has 2 aliphatic carbocycles. The van der Waals surface area contributed by atoms with Gasteiger partial charge in [0.1, 0.15) is 5.75 Å². The van der Waals surface area contributed by atoms with E-state index in [0.717, 1.165) is 95.2 Å². The molecule has 1 spiro atoms. The molecule has 0 unspecified atom stereocenters. The minimum Gasteiger partial charge on any atom is -0.507 e. The van der Waals surface area contributed by atoms with Crippen molar-refractivity contribution >= 4 is 23.4 Å². The first-order valence-electron chi connectivity index (χ1n) is 15.9. The lowest BCUT2D eigenvalue weighted by molar-refractivity contribution is -0.159. The van der Waals surface area contributed by atoms with Crippen LogP contribution >= 0.6 is 0 Å². The smallest absolute Gasteiger partial charge is 0.308 e. The Labute approximate surface area is 258 Å². The summed E-state index contributed by atoms with van der Waals surface area (Å²) >= 11 is 0. The minimum absolute atomic E-state index is 0.0522. The van der Waals surface area contributed by atoms with Gasteiger partial charge in [0.05, 0.1) is 24.4 Å². The maximum absolute atomic E-state index is 11.8. The van der Waals surface area contributed by atoms with Crippen LogP contribution in [-0.4, -0.2) is 95.6 Å². The van der Waals surface area contributed by atoms with Crippen molar-refractivity contribution in [3.05, 3.63) is 48.3 Å². The molecule has 0 amide bonds. The summed E-state index contributed by atoms with van der Waals surface area (Å²) in [5.74, 6) is 2.36. The summed E-state index contributed by atoms with van der Waals surface area (Å²) in [5.41, 5.74) is 3.95. The van der Waals surface area contributed by atoms with E-state index in [4.69, 9.17) is 14.7 Å². The zero-order valence-electron chi connectivity index (χ0n) is 25.7. The molecule has 4 heterocycles. The summed E-state index contributed by atoms with van der Waals surface area (Å²) in [6, 6.07) is 9.85. The van der Waals surface area contributed by atoms with Crippen molar-refractivity contribution in [2.75, 3.05) is 68.5 Å². The van der Waals surface area contributed by atoms with Gasteiger partial charge in [0.2, 0.25) is 5.95 Å². The largest absolute Gasteiger partial charge is 0.507 e. The number of phenolic OH excluding ortho intramolecular Hbond substituents is 1. The first-order chi connectivity index (χ1) is 21.4. The molecule has 1 aromatic carbocycles. The van der Waals surface area contributed by atoms with E-state index in [1.54, 1.807) is 6.07 Å². The summed E-state index contributed by atoms with van der Waals surface area (Å²) < 4.78 is 4.91. The van der Waals surface area contributed by atoms with Gasteiger partial charge in [-0.05, 0) is 73.6 Å². The first kappa shape index (κ1) is 28.8. The Balaban J connectivity index is 0.896. The molecule has 4 aliphatic rings. The summed E-state index contributed by atoms with van der Waals surface area (Å²) in [7, 11) is 3.35. The Morgan fingerprint density at radius 3 is 2.32 bits per heavy atom. The molecule has 2 saturated carbocycles. The number of carbonyl (C=O) groups is 1. The highest BCUT2D eigenvalue weighted by Gasteiger charge is 2.55. The average Bonchev–Trinajstić information content (AvgIpc) is 3.04. The second-order valence-electron chi connectivity index (χ2n) is 13.0. The lowest BCUT2D eigenvalue weighted by Crippen LogP contribution is -2.53. The molecule has 0 bridgehead atoms. The molecule has 0 radical (unpaired) electrons. The molecular formula is C33H42N8O3. The number of aromatic nitrogens is 4. The van der Waals surface area contributed by atoms with Crippen LogP contribution in [0.1, 0.15) is 50.0 Å². The number of ether oxygens (including phenoxy) is 1. The fourth-order valence-corrected chi connectivity index (χ4v) is 7.96. The number of para-hydroxylation sites is 1. The van der Waals surface area contributed by atoms with E-state index in [0.29, 0.717) is 28.6 Å². The van der Waals surface area contributed by atoms with Crippen molar-refractivity contribution in [3.63, 3.8) is 0 Å². The second-order valence-corrected chi connectivity index (χ2v) is 13.0. The van der Waals surface area contributed by atoms with Gasteiger partial charge in [-0.15, -0.1) is 10.2 Å². The van der Waals surface area contributed by atoms with Crippen LogP contribution in [0.3, 0.4) is 0 Å². The Hall–Kier alpha value is -3.99. The number of methoxy groups -OCH3 is 1. The van der Waals surface area contributed by atoms with Gasteiger partial charge < -0.3 is 25.0 Å². The predicted octanol–water partition coefficient (Wildman–Crippen LogP) is 3.92. The van der Waals surface area contributed by atoms with Crippen LogP contribution in [0.5, 0.6) is 5.75 Å². The van der Waals surface area contributed by atoms with E-state index in [1.807, 2.05) is 43.7 Å². The highest BCUT2D eigenvalue weighted by atomic mass is 16.5. The topological polar surface area (TPSA) is 120 Å². The third-order valence-electron chi connectivity index (χ3n) is 10.5. The maximum atomic E-state index is 11.8. The molecule has 2 aliphatic heterocycles. The van der Waals surface area contributed by atoms with E-state index in [-0.39, 0.29) is 17.6 Å². The molecule has 2 N–H and O–H groups in total. The predicted molar refractivity (Wildman–Crippen MR) is 169 cm³/mol. The van der Waals surface area contributed by atoms with Gasteiger partial charge in [-0.25, -0.2) is 9.97 Å². The molecular weight excluding hydrogens is 556 g/mol. The van der Waals surface area contributed by atoms with Crippen molar-refractivity contribution in [1.82, 2.24) is 25.1 Å². The van der Waals surface area contributed by atoms with Crippen LogP contribution in [0.2, 0.25) is 0 Å².